The Morgan fingerprint density at radius 2 is 1.67 bits per heavy atom. The fraction of sp³-hybridized carbons (Fsp3) is 0.889. The summed E-state index contributed by atoms with van der Waals surface area (Å²) in [5.74, 6) is -0.572. The number of carbonyl (C=O) groups excluding carboxylic acids is 1. The van der Waals surface area contributed by atoms with Crippen LogP contribution in [0.25, 0.3) is 0 Å². The average molecular weight is 174 g/mol. The summed E-state index contributed by atoms with van der Waals surface area (Å²) in [6.45, 7) is 9.05. The summed E-state index contributed by atoms with van der Waals surface area (Å²) in [4.78, 5) is 11.0. The topological polar surface area (TPSA) is 46.5 Å². The Morgan fingerprint density at radius 1 is 1.25 bits per heavy atom. The predicted octanol–water partition coefficient (Wildman–Crippen LogP) is 1.35. The van der Waals surface area contributed by atoms with Crippen LogP contribution in [0.3, 0.4) is 0 Å². The molecule has 0 saturated heterocycles. The van der Waals surface area contributed by atoms with Crippen molar-refractivity contribution in [3.63, 3.8) is 0 Å². The highest BCUT2D eigenvalue weighted by molar-refractivity contribution is 5.78. The average Bonchev–Trinajstić information content (AvgIpc) is 1.78. The SMILES string of the molecule is CC(C)(C)COC(=O)C(C)(C)O. The zero-order chi connectivity index (χ0) is 9.99. The molecule has 1 N–H and O–H groups in total. The number of hydrogen-bond donors (Lipinski definition) is 1. The summed E-state index contributed by atoms with van der Waals surface area (Å²) >= 11 is 0. The van der Waals surface area contributed by atoms with Crippen molar-refractivity contribution in [3.8, 4) is 0 Å². The van der Waals surface area contributed by atoms with Crippen LogP contribution in [0.1, 0.15) is 34.6 Å². The molecule has 0 aromatic carbocycles. The van der Waals surface area contributed by atoms with E-state index in [0.29, 0.717) is 6.61 Å². The van der Waals surface area contributed by atoms with Gasteiger partial charge in [-0.05, 0) is 19.3 Å². The fourth-order valence-corrected chi connectivity index (χ4v) is 0.459. The molecule has 0 unspecified atom stereocenters. The van der Waals surface area contributed by atoms with Crippen molar-refractivity contribution in [2.75, 3.05) is 6.61 Å². The summed E-state index contributed by atoms with van der Waals surface area (Å²) in [5.41, 5.74) is -1.44. The van der Waals surface area contributed by atoms with Crippen molar-refractivity contribution in [3.05, 3.63) is 0 Å². The molecule has 0 fully saturated rings. The van der Waals surface area contributed by atoms with Crippen LogP contribution in [-0.2, 0) is 9.53 Å². The number of aliphatic hydroxyl groups is 1. The summed E-state index contributed by atoms with van der Waals surface area (Å²) in [5, 5.41) is 9.21. The highest BCUT2D eigenvalue weighted by Crippen LogP contribution is 2.14. The second-order valence-electron chi connectivity index (χ2n) is 4.70. The molecule has 0 aliphatic rings. The minimum absolute atomic E-state index is 0.0547. The molecule has 0 bridgehead atoms. The number of carbonyl (C=O) groups is 1. The summed E-state index contributed by atoms with van der Waals surface area (Å²) in [7, 11) is 0. The van der Waals surface area contributed by atoms with E-state index in [4.69, 9.17) is 4.74 Å². The van der Waals surface area contributed by atoms with E-state index < -0.39 is 11.6 Å². The quantitative estimate of drug-likeness (QED) is 0.643. The van der Waals surface area contributed by atoms with E-state index >= 15 is 0 Å². The van der Waals surface area contributed by atoms with Crippen LogP contribution in [0.4, 0.5) is 0 Å². The number of hydrogen-bond acceptors (Lipinski definition) is 3. The van der Waals surface area contributed by atoms with Gasteiger partial charge in [0.25, 0.3) is 0 Å². The normalized spacial score (nSPS) is 12.8. The van der Waals surface area contributed by atoms with Gasteiger partial charge in [0.1, 0.15) is 0 Å². The zero-order valence-electron chi connectivity index (χ0n) is 8.47. The first-order valence-corrected chi connectivity index (χ1v) is 4.02. The molecule has 0 saturated carbocycles. The summed E-state index contributed by atoms with van der Waals surface area (Å²) in [6, 6.07) is 0. The lowest BCUT2D eigenvalue weighted by Crippen LogP contribution is -2.35. The maximum Gasteiger partial charge on any atom is 0.337 e. The van der Waals surface area contributed by atoms with E-state index in [1.807, 2.05) is 20.8 Å². The van der Waals surface area contributed by atoms with Gasteiger partial charge in [-0.1, -0.05) is 20.8 Å². The van der Waals surface area contributed by atoms with E-state index in [0.717, 1.165) is 0 Å². The molecular weight excluding hydrogens is 156 g/mol. The third kappa shape index (κ3) is 5.13. The molecule has 0 amide bonds. The molecule has 3 heteroatoms. The first-order valence-electron chi connectivity index (χ1n) is 4.02. The Bertz CT molecular complexity index is 160. The van der Waals surface area contributed by atoms with Crippen LogP contribution >= 0.6 is 0 Å². The molecule has 0 spiro atoms. The fourth-order valence-electron chi connectivity index (χ4n) is 0.459. The van der Waals surface area contributed by atoms with Crippen molar-refractivity contribution in [1.29, 1.82) is 0 Å². The first kappa shape index (κ1) is 11.4. The Balaban J connectivity index is 3.90. The highest BCUT2D eigenvalue weighted by Gasteiger charge is 2.26. The molecule has 72 valence electrons. The lowest BCUT2D eigenvalue weighted by atomic mass is 9.98. The monoisotopic (exact) mass is 174 g/mol. The molecule has 0 aliphatic heterocycles. The first-order chi connectivity index (χ1) is 5.13. The smallest absolute Gasteiger partial charge is 0.337 e. The lowest BCUT2D eigenvalue weighted by Gasteiger charge is -2.21. The van der Waals surface area contributed by atoms with Crippen molar-refractivity contribution >= 4 is 5.97 Å². The molecule has 0 atom stereocenters. The standard InChI is InChI=1S/C9H18O3/c1-8(2,3)6-12-7(10)9(4,5)11/h11H,6H2,1-5H3. The Morgan fingerprint density at radius 3 is 1.92 bits per heavy atom. The molecule has 0 rings (SSSR count). The molecule has 0 aromatic heterocycles. The Labute approximate surface area is 73.7 Å². The van der Waals surface area contributed by atoms with E-state index in [-0.39, 0.29) is 5.41 Å². The molecular formula is C9H18O3. The van der Waals surface area contributed by atoms with E-state index in [1.165, 1.54) is 13.8 Å². The Kier molecular flexibility index (Phi) is 3.27. The summed E-state index contributed by atoms with van der Waals surface area (Å²) < 4.78 is 4.88. The molecule has 0 heterocycles. The number of ether oxygens (including phenoxy) is 1. The largest absolute Gasteiger partial charge is 0.463 e. The molecule has 0 radical (unpaired) electrons. The van der Waals surface area contributed by atoms with Gasteiger partial charge in [0.05, 0.1) is 6.61 Å². The van der Waals surface area contributed by atoms with Crippen LogP contribution in [0.5, 0.6) is 0 Å². The van der Waals surface area contributed by atoms with Crippen LogP contribution in [-0.4, -0.2) is 23.3 Å². The molecule has 3 nitrogen and oxygen atoms in total. The lowest BCUT2D eigenvalue weighted by molar-refractivity contribution is -0.164. The number of esters is 1. The maximum atomic E-state index is 11.0. The van der Waals surface area contributed by atoms with Crippen LogP contribution in [0, 0.1) is 5.41 Å². The number of rotatable bonds is 2. The van der Waals surface area contributed by atoms with Gasteiger partial charge in [0.2, 0.25) is 0 Å². The maximum absolute atomic E-state index is 11.0. The van der Waals surface area contributed by atoms with E-state index in [1.54, 1.807) is 0 Å². The van der Waals surface area contributed by atoms with E-state index in [9.17, 15) is 9.90 Å². The second kappa shape index (κ2) is 3.44. The van der Waals surface area contributed by atoms with Gasteiger partial charge in [-0.3, -0.25) is 0 Å². The van der Waals surface area contributed by atoms with Crippen molar-refractivity contribution in [1.82, 2.24) is 0 Å². The second-order valence-corrected chi connectivity index (χ2v) is 4.70. The molecule has 0 aromatic rings. The third-order valence-electron chi connectivity index (χ3n) is 1.14. The van der Waals surface area contributed by atoms with Crippen LogP contribution in [0.15, 0.2) is 0 Å². The molecule has 0 aliphatic carbocycles. The van der Waals surface area contributed by atoms with Gasteiger partial charge >= 0.3 is 5.97 Å². The third-order valence-corrected chi connectivity index (χ3v) is 1.14. The predicted molar refractivity (Wildman–Crippen MR) is 46.7 cm³/mol. The van der Waals surface area contributed by atoms with Gasteiger partial charge in [-0.2, -0.15) is 0 Å². The minimum Gasteiger partial charge on any atom is -0.463 e. The van der Waals surface area contributed by atoms with Crippen LogP contribution in [0.2, 0.25) is 0 Å². The Hall–Kier alpha value is -0.570. The van der Waals surface area contributed by atoms with Gasteiger partial charge in [-0.25, -0.2) is 4.79 Å². The molecule has 12 heavy (non-hydrogen) atoms. The van der Waals surface area contributed by atoms with Gasteiger partial charge in [-0.15, -0.1) is 0 Å². The highest BCUT2D eigenvalue weighted by atomic mass is 16.5. The van der Waals surface area contributed by atoms with E-state index in [2.05, 4.69) is 0 Å². The van der Waals surface area contributed by atoms with Crippen LogP contribution < -0.4 is 0 Å². The van der Waals surface area contributed by atoms with Crippen molar-refractivity contribution in [2.24, 2.45) is 5.41 Å². The van der Waals surface area contributed by atoms with Gasteiger partial charge in [0, 0.05) is 0 Å². The zero-order valence-corrected chi connectivity index (χ0v) is 8.47. The minimum atomic E-state index is -1.38. The van der Waals surface area contributed by atoms with Crippen molar-refractivity contribution < 1.29 is 14.6 Å². The van der Waals surface area contributed by atoms with Crippen molar-refractivity contribution in [2.45, 2.75) is 40.2 Å². The van der Waals surface area contributed by atoms with Gasteiger partial charge in [0.15, 0.2) is 5.60 Å². The van der Waals surface area contributed by atoms with Gasteiger partial charge < -0.3 is 9.84 Å². The summed E-state index contributed by atoms with van der Waals surface area (Å²) in [6.07, 6.45) is 0.